The highest BCUT2D eigenvalue weighted by atomic mass is 79.9. The highest BCUT2D eigenvalue weighted by molar-refractivity contribution is 9.10. The first-order valence-corrected chi connectivity index (χ1v) is 8.95. The van der Waals surface area contributed by atoms with E-state index in [9.17, 15) is 8.42 Å². The minimum atomic E-state index is -3.33. The summed E-state index contributed by atoms with van der Waals surface area (Å²) in [6.07, 6.45) is 0. The van der Waals surface area contributed by atoms with Gasteiger partial charge in [-0.05, 0) is 40.6 Å². The molecule has 21 heavy (non-hydrogen) atoms. The van der Waals surface area contributed by atoms with Crippen LogP contribution in [0.3, 0.4) is 0 Å². The Labute approximate surface area is 132 Å². The van der Waals surface area contributed by atoms with E-state index in [-0.39, 0.29) is 5.75 Å². The van der Waals surface area contributed by atoms with Gasteiger partial charge < -0.3 is 0 Å². The predicted octanol–water partition coefficient (Wildman–Crippen LogP) is 4.58. The maximum absolute atomic E-state index is 12.5. The number of rotatable bonds is 3. The van der Waals surface area contributed by atoms with Crippen molar-refractivity contribution in [2.24, 2.45) is 0 Å². The van der Waals surface area contributed by atoms with Gasteiger partial charge in [-0.3, -0.25) is 0 Å². The monoisotopic (exact) mass is 360 g/mol. The van der Waals surface area contributed by atoms with E-state index in [1.165, 1.54) is 0 Å². The van der Waals surface area contributed by atoms with E-state index in [0.717, 1.165) is 20.8 Å². The average Bonchev–Trinajstić information content (AvgIpc) is 2.49. The summed E-state index contributed by atoms with van der Waals surface area (Å²) < 4.78 is 26.0. The minimum Gasteiger partial charge on any atom is -0.223 e. The molecule has 0 unspecified atom stereocenters. The SMILES string of the molecule is O=S(=O)(Cc1ccc(Br)cc1)c1ccc2ccccc2c1. The fraction of sp³-hybridized carbons (Fsp3) is 0.0588. The van der Waals surface area contributed by atoms with Crippen molar-refractivity contribution in [3.63, 3.8) is 0 Å². The van der Waals surface area contributed by atoms with Gasteiger partial charge in [0.15, 0.2) is 9.84 Å². The molecule has 0 aliphatic heterocycles. The summed E-state index contributed by atoms with van der Waals surface area (Å²) in [6, 6.07) is 20.4. The van der Waals surface area contributed by atoms with E-state index in [4.69, 9.17) is 0 Å². The van der Waals surface area contributed by atoms with E-state index in [2.05, 4.69) is 15.9 Å². The second-order valence-corrected chi connectivity index (χ2v) is 7.80. The lowest BCUT2D eigenvalue weighted by Crippen LogP contribution is -2.04. The first kappa shape index (κ1) is 14.3. The molecule has 0 atom stereocenters. The third-order valence-electron chi connectivity index (χ3n) is 3.35. The third kappa shape index (κ3) is 3.17. The second-order valence-electron chi connectivity index (χ2n) is 4.89. The lowest BCUT2D eigenvalue weighted by atomic mass is 10.1. The quantitative estimate of drug-likeness (QED) is 0.685. The van der Waals surface area contributed by atoms with Crippen LogP contribution in [0, 0.1) is 0 Å². The van der Waals surface area contributed by atoms with E-state index < -0.39 is 9.84 Å². The lowest BCUT2D eigenvalue weighted by Gasteiger charge is -2.06. The zero-order chi connectivity index (χ0) is 14.9. The lowest BCUT2D eigenvalue weighted by molar-refractivity contribution is 0.595. The van der Waals surface area contributed by atoms with Gasteiger partial charge in [-0.2, -0.15) is 0 Å². The molecule has 0 aromatic heterocycles. The van der Waals surface area contributed by atoms with Gasteiger partial charge in [-0.25, -0.2) is 8.42 Å². The van der Waals surface area contributed by atoms with Gasteiger partial charge in [0.05, 0.1) is 10.6 Å². The molecule has 0 spiro atoms. The minimum absolute atomic E-state index is 0.0125. The van der Waals surface area contributed by atoms with Gasteiger partial charge in [0, 0.05) is 4.47 Å². The predicted molar refractivity (Wildman–Crippen MR) is 89.0 cm³/mol. The van der Waals surface area contributed by atoms with Crippen molar-refractivity contribution in [1.82, 2.24) is 0 Å². The average molecular weight is 361 g/mol. The van der Waals surface area contributed by atoms with Crippen molar-refractivity contribution >= 4 is 36.5 Å². The van der Waals surface area contributed by atoms with Gasteiger partial charge in [0.25, 0.3) is 0 Å². The van der Waals surface area contributed by atoms with Crippen LogP contribution in [-0.4, -0.2) is 8.42 Å². The van der Waals surface area contributed by atoms with E-state index >= 15 is 0 Å². The van der Waals surface area contributed by atoms with Crippen LogP contribution in [-0.2, 0) is 15.6 Å². The van der Waals surface area contributed by atoms with Crippen LogP contribution < -0.4 is 0 Å². The van der Waals surface area contributed by atoms with Crippen LogP contribution in [0.1, 0.15) is 5.56 Å². The zero-order valence-electron chi connectivity index (χ0n) is 11.2. The van der Waals surface area contributed by atoms with Gasteiger partial charge >= 0.3 is 0 Å². The Kier molecular flexibility index (Phi) is 3.83. The molecule has 106 valence electrons. The molecule has 0 saturated heterocycles. The molecule has 0 heterocycles. The maximum atomic E-state index is 12.5. The van der Waals surface area contributed by atoms with Crippen LogP contribution >= 0.6 is 15.9 Å². The van der Waals surface area contributed by atoms with Crippen molar-refractivity contribution in [1.29, 1.82) is 0 Å². The summed E-state index contributed by atoms with van der Waals surface area (Å²) in [5, 5.41) is 1.98. The number of halogens is 1. The fourth-order valence-corrected chi connectivity index (χ4v) is 3.89. The van der Waals surface area contributed by atoms with Crippen molar-refractivity contribution in [3.8, 4) is 0 Å². The standard InChI is InChI=1S/C17H13BrO2S/c18-16-8-5-13(6-9-16)12-21(19,20)17-10-7-14-3-1-2-4-15(14)11-17/h1-11H,12H2. The summed E-state index contributed by atoms with van der Waals surface area (Å²) in [7, 11) is -3.33. The topological polar surface area (TPSA) is 34.1 Å². The molecule has 0 radical (unpaired) electrons. The highest BCUT2D eigenvalue weighted by Crippen LogP contribution is 2.22. The van der Waals surface area contributed by atoms with E-state index in [0.29, 0.717) is 4.90 Å². The van der Waals surface area contributed by atoms with Crippen LogP contribution in [0.4, 0.5) is 0 Å². The summed E-state index contributed by atoms with van der Waals surface area (Å²) in [5.41, 5.74) is 0.784. The Morgan fingerprint density at radius 2 is 1.48 bits per heavy atom. The molecular formula is C17H13BrO2S. The highest BCUT2D eigenvalue weighted by Gasteiger charge is 2.15. The fourth-order valence-electron chi connectivity index (χ4n) is 2.24. The number of hydrogen-bond donors (Lipinski definition) is 0. The Morgan fingerprint density at radius 1 is 0.810 bits per heavy atom. The second kappa shape index (κ2) is 5.62. The van der Waals surface area contributed by atoms with Crippen molar-refractivity contribution in [3.05, 3.63) is 76.8 Å². The van der Waals surface area contributed by atoms with Crippen LogP contribution in [0.15, 0.2) is 76.1 Å². The molecule has 0 saturated carbocycles. The van der Waals surface area contributed by atoms with Gasteiger partial charge in [-0.15, -0.1) is 0 Å². The molecule has 4 heteroatoms. The Hall–Kier alpha value is -1.65. The molecule has 0 bridgehead atoms. The van der Waals surface area contributed by atoms with Crippen LogP contribution in [0.5, 0.6) is 0 Å². The molecule has 0 aliphatic rings. The zero-order valence-corrected chi connectivity index (χ0v) is 13.6. The first-order chi connectivity index (χ1) is 10.0. The normalized spacial score (nSPS) is 11.7. The Morgan fingerprint density at radius 3 is 2.19 bits per heavy atom. The molecule has 0 N–H and O–H groups in total. The Balaban J connectivity index is 1.97. The summed E-state index contributed by atoms with van der Waals surface area (Å²) >= 11 is 3.35. The molecule has 3 aromatic rings. The summed E-state index contributed by atoms with van der Waals surface area (Å²) in [4.78, 5) is 0.365. The number of benzene rings is 3. The molecule has 3 rings (SSSR count). The van der Waals surface area contributed by atoms with Gasteiger partial charge in [0.2, 0.25) is 0 Å². The summed E-state index contributed by atoms with van der Waals surface area (Å²) in [5.74, 6) is 0.0125. The van der Waals surface area contributed by atoms with Crippen molar-refractivity contribution in [2.45, 2.75) is 10.6 Å². The van der Waals surface area contributed by atoms with E-state index in [1.807, 2.05) is 54.6 Å². The maximum Gasteiger partial charge on any atom is 0.182 e. The van der Waals surface area contributed by atoms with Gasteiger partial charge in [0.1, 0.15) is 0 Å². The molecule has 0 fully saturated rings. The number of fused-ring (bicyclic) bond motifs is 1. The van der Waals surface area contributed by atoms with Crippen LogP contribution in [0.25, 0.3) is 10.8 Å². The molecular weight excluding hydrogens is 348 g/mol. The molecule has 2 nitrogen and oxygen atoms in total. The number of hydrogen-bond acceptors (Lipinski definition) is 2. The summed E-state index contributed by atoms with van der Waals surface area (Å²) in [6.45, 7) is 0. The van der Waals surface area contributed by atoms with Crippen LogP contribution in [0.2, 0.25) is 0 Å². The Bertz CT molecular complexity index is 884. The van der Waals surface area contributed by atoms with Gasteiger partial charge in [-0.1, -0.05) is 58.4 Å². The van der Waals surface area contributed by atoms with E-state index in [1.54, 1.807) is 12.1 Å². The number of sulfone groups is 1. The first-order valence-electron chi connectivity index (χ1n) is 6.51. The third-order valence-corrected chi connectivity index (χ3v) is 5.56. The molecule has 0 aliphatic carbocycles. The van der Waals surface area contributed by atoms with Crippen molar-refractivity contribution in [2.75, 3.05) is 0 Å². The molecule has 0 amide bonds. The smallest absolute Gasteiger partial charge is 0.182 e. The molecule has 3 aromatic carbocycles. The largest absolute Gasteiger partial charge is 0.223 e. The van der Waals surface area contributed by atoms with Crippen molar-refractivity contribution < 1.29 is 8.42 Å².